The Balaban J connectivity index is 2.31. The zero-order chi connectivity index (χ0) is 8.55. The van der Waals surface area contributed by atoms with Crippen molar-refractivity contribution in [3.63, 3.8) is 0 Å². The summed E-state index contributed by atoms with van der Waals surface area (Å²) in [5.74, 6) is 0.687. The molecule has 66 valence electrons. The maximum Gasteiger partial charge on any atom is 0.260 e. The molecule has 0 saturated heterocycles. The number of anilines is 1. The third kappa shape index (κ3) is 1.05. The second-order valence-electron chi connectivity index (χ2n) is 2.78. The molecule has 1 aliphatic rings. The van der Waals surface area contributed by atoms with Gasteiger partial charge >= 0.3 is 0 Å². The lowest BCUT2D eigenvalue weighted by molar-refractivity contribution is 0.0715. The van der Waals surface area contributed by atoms with Gasteiger partial charge in [0, 0.05) is 12.6 Å². The maximum atomic E-state index is 12.4. The van der Waals surface area contributed by atoms with Crippen molar-refractivity contribution in [2.45, 2.75) is 18.9 Å². The van der Waals surface area contributed by atoms with Crippen LogP contribution in [-0.4, -0.2) is 22.8 Å². The fourth-order valence-electron chi connectivity index (χ4n) is 1.42. The third-order valence-electron chi connectivity index (χ3n) is 2.02. The molecular formula is C7H9F2N3. The smallest absolute Gasteiger partial charge is 0.260 e. The summed E-state index contributed by atoms with van der Waals surface area (Å²) in [6, 6.07) is 0.949. The zero-order valence-corrected chi connectivity index (χ0v) is 6.37. The molecule has 0 amide bonds. The number of alkyl halides is 2. The van der Waals surface area contributed by atoms with Crippen LogP contribution in [0.4, 0.5) is 14.6 Å². The third-order valence-corrected chi connectivity index (χ3v) is 2.02. The molecule has 0 radical (unpaired) electrons. The largest absolute Gasteiger partial charge is 0.370 e. The van der Waals surface area contributed by atoms with Crippen LogP contribution in [0.3, 0.4) is 0 Å². The summed E-state index contributed by atoms with van der Waals surface area (Å²) in [7, 11) is 0. The molecule has 0 aromatic carbocycles. The van der Waals surface area contributed by atoms with E-state index in [1.54, 1.807) is 6.07 Å². The number of fused-ring (bicyclic) bond motifs is 1. The summed E-state index contributed by atoms with van der Waals surface area (Å²) < 4.78 is 26.1. The van der Waals surface area contributed by atoms with Crippen LogP contribution in [0.2, 0.25) is 0 Å². The average molecular weight is 173 g/mol. The predicted octanol–water partition coefficient (Wildman–Crippen LogP) is 1.50. The van der Waals surface area contributed by atoms with E-state index in [0.29, 0.717) is 18.8 Å². The summed E-state index contributed by atoms with van der Waals surface area (Å²) in [5, 5.41) is 6.83. The highest BCUT2D eigenvalue weighted by atomic mass is 19.3. The lowest BCUT2D eigenvalue weighted by atomic mass is 10.2. The lowest BCUT2D eigenvalue weighted by Gasteiger charge is -2.24. The van der Waals surface area contributed by atoms with Crippen LogP contribution in [0, 0.1) is 0 Å². The molecule has 0 aliphatic carbocycles. The second kappa shape index (κ2) is 2.73. The van der Waals surface area contributed by atoms with E-state index in [9.17, 15) is 8.78 Å². The van der Waals surface area contributed by atoms with Gasteiger partial charge in [0.15, 0.2) is 0 Å². The standard InChI is InChI=1S/C7H9F2N3/c8-7(9)5-1-3-10-6-2-4-11-12(5)6/h2,4-5,7,10H,1,3H2. The van der Waals surface area contributed by atoms with Crippen molar-refractivity contribution in [2.75, 3.05) is 11.9 Å². The Hall–Kier alpha value is -1.13. The van der Waals surface area contributed by atoms with Crippen molar-refractivity contribution in [1.82, 2.24) is 9.78 Å². The van der Waals surface area contributed by atoms with E-state index < -0.39 is 12.5 Å². The first-order valence-electron chi connectivity index (χ1n) is 3.84. The van der Waals surface area contributed by atoms with Crippen LogP contribution in [0.5, 0.6) is 0 Å². The van der Waals surface area contributed by atoms with Gasteiger partial charge in [-0.15, -0.1) is 0 Å². The van der Waals surface area contributed by atoms with E-state index in [2.05, 4.69) is 10.4 Å². The molecule has 1 N–H and O–H groups in total. The van der Waals surface area contributed by atoms with Gasteiger partial charge in [0.05, 0.1) is 6.20 Å². The maximum absolute atomic E-state index is 12.4. The first kappa shape index (κ1) is 7.52. The molecule has 12 heavy (non-hydrogen) atoms. The summed E-state index contributed by atoms with van der Waals surface area (Å²) >= 11 is 0. The van der Waals surface area contributed by atoms with E-state index in [1.807, 2.05) is 0 Å². The topological polar surface area (TPSA) is 29.9 Å². The highest BCUT2D eigenvalue weighted by Crippen LogP contribution is 2.27. The van der Waals surface area contributed by atoms with E-state index in [4.69, 9.17) is 0 Å². The minimum absolute atomic E-state index is 0.437. The molecule has 2 rings (SSSR count). The van der Waals surface area contributed by atoms with Gasteiger partial charge in [-0.25, -0.2) is 13.5 Å². The minimum Gasteiger partial charge on any atom is -0.370 e. The second-order valence-corrected chi connectivity index (χ2v) is 2.78. The van der Waals surface area contributed by atoms with Crippen molar-refractivity contribution in [3.05, 3.63) is 12.3 Å². The van der Waals surface area contributed by atoms with Crippen molar-refractivity contribution in [1.29, 1.82) is 0 Å². The van der Waals surface area contributed by atoms with Gasteiger partial charge in [0.25, 0.3) is 6.43 Å². The number of hydrogen-bond acceptors (Lipinski definition) is 2. The molecule has 1 aliphatic heterocycles. The van der Waals surface area contributed by atoms with Crippen LogP contribution in [-0.2, 0) is 0 Å². The molecule has 5 heteroatoms. The summed E-state index contributed by atoms with van der Waals surface area (Å²) in [5.41, 5.74) is 0. The first-order chi connectivity index (χ1) is 5.79. The Kier molecular flexibility index (Phi) is 1.71. The Morgan fingerprint density at radius 3 is 3.25 bits per heavy atom. The molecular weight excluding hydrogens is 164 g/mol. The number of aromatic nitrogens is 2. The Morgan fingerprint density at radius 2 is 2.50 bits per heavy atom. The normalized spacial score (nSPS) is 22.1. The van der Waals surface area contributed by atoms with E-state index in [-0.39, 0.29) is 0 Å². The monoisotopic (exact) mass is 173 g/mol. The Labute approximate surface area is 68.4 Å². The molecule has 2 heterocycles. The minimum atomic E-state index is -2.33. The van der Waals surface area contributed by atoms with Gasteiger partial charge in [-0.2, -0.15) is 5.10 Å². The fraction of sp³-hybridized carbons (Fsp3) is 0.571. The van der Waals surface area contributed by atoms with Crippen LogP contribution in [0.15, 0.2) is 12.3 Å². The lowest BCUT2D eigenvalue weighted by Crippen LogP contribution is -2.28. The molecule has 0 bridgehead atoms. The van der Waals surface area contributed by atoms with Gasteiger partial charge < -0.3 is 5.32 Å². The number of nitrogens with zero attached hydrogens (tertiary/aromatic N) is 2. The average Bonchev–Trinajstić information content (AvgIpc) is 2.49. The highest BCUT2D eigenvalue weighted by Gasteiger charge is 2.27. The molecule has 0 fully saturated rings. The van der Waals surface area contributed by atoms with E-state index in [0.717, 1.165) is 0 Å². The van der Waals surface area contributed by atoms with Crippen molar-refractivity contribution >= 4 is 5.82 Å². The highest BCUT2D eigenvalue weighted by molar-refractivity contribution is 5.36. The molecule has 1 aromatic heterocycles. The van der Waals surface area contributed by atoms with Crippen LogP contribution >= 0.6 is 0 Å². The Bertz CT molecular complexity index is 271. The number of halogens is 2. The van der Waals surface area contributed by atoms with Gasteiger partial charge in [-0.05, 0) is 6.42 Å². The molecule has 0 spiro atoms. The van der Waals surface area contributed by atoms with Gasteiger partial charge in [0.2, 0.25) is 0 Å². The van der Waals surface area contributed by atoms with E-state index >= 15 is 0 Å². The first-order valence-corrected chi connectivity index (χ1v) is 3.84. The predicted molar refractivity (Wildman–Crippen MR) is 40.4 cm³/mol. The molecule has 1 unspecified atom stereocenters. The SMILES string of the molecule is FC(F)C1CCNc2ccnn21. The van der Waals surface area contributed by atoms with Gasteiger partial charge in [-0.1, -0.05) is 0 Å². The van der Waals surface area contributed by atoms with Crippen LogP contribution in [0.25, 0.3) is 0 Å². The fourth-order valence-corrected chi connectivity index (χ4v) is 1.42. The number of rotatable bonds is 1. The van der Waals surface area contributed by atoms with Crippen LogP contribution in [0.1, 0.15) is 12.5 Å². The van der Waals surface area contributed by atoms with Crippen LogP contribution < -0.4 is 5.32 Å². The number of nitrogens with one attached hydrogen (secondary N) is 1. The van der Waals surface area contributed by atoms with Crippen molar-refractivity contribution < 1.29 is 8.78 Å². The quantitative estimate of drug-likeness (QED) is 0.697. The molecule has 1 aromatic rings. The Morgan fingerprint density at radius 1 is 1.67 bits per heavy atom. The van der Waals surface area contributed by atoms with E-state index in [1.165, 1.54) is 10.9 Å². The summed E-state index contributed by atoms with van der Waals surface area (Å²) in [4.78, 5) is 0. The summed E-state index contributed by atoms with van der Waals surface area (Å²) in [6.07, 6.45) is -0.360. The van der Waals surface area contributed by atoms with Crippen molar-refractivity contribution in [2.24, 2.45) is 0 Å². The molecule has 0 saturated carbocycles. The zero-order valence-electron chi connectivity index (χ0n) is 6.37. The number of hydrogen-bond donors (Lipinski definition) is 1. The van der Waals surface area contributed by atoms with Gasteiger partial charge in [0.1, 0.15) is 11.9 Å². The van der Waals surface area contributed by atoms with Crippen molar-refractivity contribution in [3.8, 4) is 0 Å². The molecule has 3 nitrogen and oxygen atoms in total. The molecule has 1 atom stereocenters. The summed E-state index contributed by atoms with van der Waals surface area (Å²) in [6.45, 7) is 0.598. The van der Waals surface area contributed by atoms with Gasteiger partial charge in [-0.3, -0.25) is 0 Å².